The number of benzene rings is 12. The summed E-state index contributed by atoms with van der Waals surface area (Å²) >= 11 is 0. The molecular weight excluding hydrogens is 1410 g/mol. The van der Waals surface area contributed by atoms with E-state index in [0.29, 0.717) is 0 Å². The number of hydrogen-bond acceptors (Lipinski definition) is 6. The second kappa shape index (κ2) is 38.4. The molecule has 112 heavy (non-hydrogen) atoms. The maximum absolute atomic E-state index is 7.23. The molecule has 0 saturated carbocycles. The van der Waals surface area contributed by atoms with Crippen molar-refractivity contribution >= 4 is 17.2 Å². The van der Waals surface area contributed by atoms with E-state index < -0.39 is 17.2 Å². The first-order valence-electron chi connectivity index (χ1n) is 39.1. The molecule has 12 aromatic rings. The molecule has 0 atom stereocenters. The summed E-state index contributed by atoms with van der Waals surface area (Å²) in [6.07, 6.45) is 0. The van der Waals surface area contributed by atoms with Gasteiger partial charge in [-0.05, 0) is 177 Å². The number of hydrogen-bond donors (Lipinski definition) is 6. The zero-order valence-corrected chi connectivity index (χ0v) is 73.1. The third-order valence-electron chi connectivity index (χ3n) is 20.0. The molecule has 0 aliphatic heterocycles. The van der Waals surface area contributed by atoms with E-state index in [0.717, 1.165) is 0 Å². The Labute approximate surface area is 676 Å². The fourth-order valence-corrected chi connectivity index (χ4v) is 13.4. The first-order chi connectivity index (χ1) is 52.1. The van der Waals surface area contributed by atoms with Crippen molar-refractivity contribution in [2.75, 3.05) is 0 Å². The Hall–Kier alpha value is -8.74. The highest BCUT2D eigenvalue weighted by Gasteiger charge is 2.28. The van der Waals surface area contributed by atoms with Crippen LogP contribution in [0, 0.1) is 0 Å². The predicted molar refractivity (Wildman–Crippen MR) is 486 cm³/mol. The fourth-order valence-electron chi connectivity index (χ4n) is 13.4. The molecule has 8 heteroatoms. The molecule has 0 aromatic heterocycles. The van der Waals surface area contributed by atoms with Gasteiger partial charge in [-0.25, -0.2) is 0 Å². The minimum absolute atomic E-state index is 0.106. The van der Waals surface area contributed by atoms with E-state index in [4.69, 9.17) is 29.4 Å². The smallest absolute Gasteiger partial charge is 0.324 e. The molecule has 588 valence electrons. The molecule has 12 aromatic carbocycles. The van der Waals surface area contributed by atoms with Crippen molar-refractivity contribution in [3.05, 3.63) is 336 Å². The lowest BCUT2D eigenvalue weighted by molar-refractivity contribution is 0.366. The first-order valence-corrected chi connectivity index (χ1v) is 41.5. The average Bonchev–Trinajstić information content (AvgIpc) is 0.798. The monoisotopic (exact) mass is 1530 g/mol. The zero-order chi connectivity index (χ0) is 83.0. The average molecular weight is 1530 g/mol. The van der Waals surface area contributed by atoms with Gasteiger partial charge in [0, 0.05) is 0 Å². The van der Waals surface area contributed by atoms with Gasteiger partial charge in [0.05, 0.1) is 0 Å². The molecule has 0 aliphatic rings. The lowest BCUT2D eigenvalue weighted by Crippen LogP contribution is -2.17. The highest BCUT2D eigenvalue weighted by atomic mass is 31.2. The topological polar surface area (TPSA) is 121 Å². The van der Waals surface area contributed by atoms with Gasteiger partial charge in [-0.3, -0.25) is 0 Å². The van der Waals surface area contributed by atoms with Gasteiger partial charge in [0.15, 0.2) is 0 Å². The van der Waals surface area contributed by atoms with Gasteiger partial charge in [0.1, 0.15) is 0 Å². The Bertz CT molecular complexity index is 4250. The minimum Gasteiger partial charge on any atom is -0.328 e. The van der Waals surface area contributed by atoms with Gasteiger partial charge >= 0.3 is 17.2 Å². The molecule has 0 heterocycles. The van der Waals surface area contributed by atoms with Crippen molar-refractivity contribution in [3.63, 3.8) is 0 Å². The summed E-state index contributed by atoms with van der Waals surface area (Å²) in [5.41, 5.74) is 32.9. The minimum atomic E-state index is -2.62. The van der Waals surface area contributed by atoms with Crippen molar-refractivity contribution in [2.24, 2.45) is 0 Å². The SMILES string of the molecule is CC(C)(C)c1ccc(-c2ccc(-c3ccccc3)cc2)c(C(C)(C)C)c1.CC(C)(C)c1ccc(-c2ccc(-c3ccccc3)cc2)c(C(C)(C)C)c1.CC(C)(C)c1ccc(-c2ccc(-c3ccccc3)cc2)c(C(C)(C)C)c1.CC(C)(C)c1ccc(-c2ccc(-c3ccccc3)cc2)c(C(C)(C)C)c1.OP(O)O.OP(O)O. The first kappa shape index (κ1) is 90.5. The standard InChI is InChI=1S/4C26H30.2H3O3P/c4*1-25(2,3)22-16-17-23(24(18-22)26(4,5)6)21-14-12-20(13-15-21)19-10-8-7-9-11-19;2*1-4(2)3/h4*7-18H,1-6H3;2*1-3H. The van der Waals surface area contributed by atoms with Gasteiger partial charge in [-0.1, -0.05) is 457 Å². The quantitative estimate of drug-likeness (QED) is 0.0843. The highest BCUT2D eigenvalue weighted by Crippen LogP contribution is 2.43. The van der Waals surface area contributed by atoms with Gasteiger partial charge in [-0.15, -0.1) is 0 Å². The maximum Gasteiger partial charge on any atom is 0.324 e. The summed E-state index contributed by atoms with van der Waals surface area (Å²) in [6.45, 7) is 55.0. The van der Waals surface area contributed by atoms with Crippen LogP contribution in [-0.2, 0) is 43.3 Å². The molecule has 6 nitrogen and oxygen atoms in total. The molecule has 0 saturated heterocycles. The second-order valence-corrected chi connectivity index (χ2v) is 38.4. The molecule has 0 spiro atoms. The normalized spacial score (nSPS) is 12.0. The van der Waals surface area contributed by atoms with Gasteiger partial charge in [0.25, 0.3) is 0 Å². The van der Waals surface area contributed by atoms with Crippen LogP contribution in [0.3, 0.4) is 0 Å². The van der Waals surface area contributed by atoms with E-state index in [9.17, 15) is 0 Å². The van der Waals surface area contributed by atoms with Crippen molar-refractivity contribution < 1.29 is 29.4 Å². The van der Waals surface area contributed by atoms with E-state index in [1.807, 2.05) is 0 Å². The van der Waals surface area contributed by atoms with Crippen molar-refractivity contribution in [2.45, 2.75) is 209 Å². The highest BCUT2D eigenvalue weighted by molar-refractivity contribution is 7.38. The third kappa shape index (κ3) is 26.7. The zero-order valence-electron chi connectivity index (χ0n) is 71.3. The van der Waals surface area contributed by atoms with Crippen LogP contribution >= 0.6 is 17.2 Å². The predicted octanol–water partition coefficient (Wildman–Crippen LogP) is 28.8. The molecule has 6 N–H and O–H groups in total. The van der Waals surface area contributed by atoms with Crippen LogP contribution in [0.1, 0.15) is 211 Å². The van der Waals surface area contributed by atoms with E-state index in [1.165, 1.54) is 134 Å². The van der Waals surface area contributed by atoms with Crippen molar-refractivity contribution in [1.29, 1.82) is 0 Å². The lowest BCUT2D eigenvalue weighted by Gasteiger charge is -2.27. The lowest BCUT2D eigenvalue weighted by atomic mass is 9.77. The summed E-state index contributed by atoms with van der Waals surface area (Å²) < 4.78 is 0. The van der Waals surface area contributed by atoms with Crippen LogP contribution in [0.5, 0.6) is 0 Å². The molecule has 0 aliphatic carbocycles. The molecule has 0 unspecified atom stereocenters. The number of rotatable bonds is 8. The van der Waals surface area contributed by atoms with E-state index in [2.05, 4.69) is 457 Å². The van der Waals surface area contributed by atoms with Crippen molar-refractivity contribution in [1.82, 2.24) is 0 Å². The second-order valence-electron chi connectivity index (χ2n) is 37.4. The van der Waals surface area contributed by atoms with Crippen LogP contribution in [-0.4, -0.2) is 29.4 Å². The van der Waals surface area contributed by atoms with E-state index in [-0.39, 0.29) is 43.3 Å². The molecule has 12 rings (SSSR count). The Morgan fingerprint density at radius 1 is 0.152 bits per heavy atom. The largest absolute Gasteiger partial charge is 0.328 e. The molecular formula is C104H126O6P2. The Balaban J connectivity index is 0.000000200. The Morgan fingerprint density at radius 2 is 0.277 bits per heavy atom. The van der Waals surface area contributed by atoms with Gasteiger partial charge < -0.3 is 29.4 Å². The van der Waals surface area contributed by atoms with Gasteiger partial charge in [0.2, 0.25) is 0 Å². The van der Waals surface area contributed by atoms with Crippen molar-refractivity contribution in [3.8, 4) is 89.0 Å². The van der Waals surface area contributed by atoms with Gasteiger partial charge in [-0.2, -0.15) is 0 Å². The summed E-state index contributed by atoms with van der Waals surface area (Å²) in [5, 5.41) is 0. The molecule has 0 bridgehead atoms. The fraction of sp³-hybridized carbons (Fsp3) is 0.308. The maximum atomic E-state index is 7.23. The van der Waals surface area contributed by atoms with Crippen LogP contribution in [0.2, 0.25) is 0 Å². The van der Waals surface area contributed by atoms with Crippen LogP contribution in [0.25, 0.3) is 89.0 Å². The summed E-state index contributed by atoms with van der Waals surface area (Å²) in [7, 11) is -5.24. The van der Waals surface area contributed by atoms with Crippen LogP contribution in [0.15, 0.2) is 291 Å². The van der Waals surface area contributed by atoms with Crippen LogP contribution < -0.4 is 0 Å². The molecule has 0 radical (unpaired) electrons. The van der Waals surface area contributed by atoms with E-state index in [1.54, 1.807) is 0 Å². The summed E-state index contributed by atoms with van der Waals surface area (Å²) in [4.78, 5) is 43.4. The summed E-state index contributed by atoms with van der Waals surface area (Å²) in [5.74, 6) is 0. The van der Waals surface area contributed by atoms with E-state index >= 15 is 0 Å². The molecule has 0 amide bonds. The Kier molecular flexibility index (Phi) is 31.0. The van der Waals surface area contributed by atoms with Crippen LogP contribution in [0.4, 0.5) is 0 Å². The summed E-state index contributed by atoms with van der Waals surface area (Å²) in [6, 6.07) is 106. The third-order valence-corrected chi connectivity index (χ3v) is 20.0. The Morgan fingerprint density at radius 3 is 0.402 bits per heavy atom. The molecule has 0 fully saturated rings.